The molecule has 1 fully saturated rings. The summed E-state index contributed by atoms with van der Waals surface area (Å²) >= 11 is 0. The van der Waals surface area contributed by atoms with Crippen LogP contribution in [0.2, 0.25) is 0 Å². The minimum atomic E-state index is -0.686. The average molecular weight is 644 g/mol. The molecule has 0 radical (unpaired) electrons. The van der Waals surface area contributed by atoms with Gasteiger partial charge in [0.2, 0.25) is 11.8 Å². The summed E-state index contributed by atoms with van der Waals surface area (Å²) in [4.78, 5) is 78.7. The highest BCUT2D eigenvalue weighted by Crippen LogP contribution is 2.62. The quantitative estimate of drug-likeness (QED) is 0.133. The SMILES string of the molecule is O=C1OC(=O)c2cc(-c3ccc4c(c3)C3c5ccc(-c6ccc7c(c6)C(=O)OC7=O)cc5C4[C@@H]4C(=O)N(c5ccccc5)C(=O)[C@H]34)ccc21. The number of imide groups is 1. The van der Waals surface area contributed by atoms with E-state index < -0.39 is 47.5 Å². The molecule has 2 unspecified atom stereocenters. The molecule has 9 nitrogen and oxygen atoms in total. The van der Waals surface area contributed by atoms with Crippen molar-refractivity contribution in [2.45, 2.75) is 11.8 Å². The van der Waals surface area contributed by atoms with Gasteiger partial charge in [-0.15, -0.1) is 0 Å². The standard InChI is InChI=1S/C40H21NO8/c42-35-33-31-23-10-6-18(20-8-12-25-29(16-20)39(46)48-37(25)44)14-27(23)32(34(33)36(43)41(35)22-4-2-1-3-5-22)24-11-7-19(15-28(24)31)21-9-13-26-30(17-21)40(47)49-38(26)45/h1-17,31-34H/t31?,32?,33-,34+. The molecule has 3 aliphatic heterocycles. The number of carbonyl (C=O) groups is 6. The highest BCUT2D eigenvalue weighted by Gasteiger charge is 2.62. The van der Waals surface area contributed by atoms with Gasteiger partial charge in [0, 0.05) is 11.8 Å². The number of anilines is 1. The minimum absolute atomic E-state index is 0.207. The number of cyclic esters (lactones) is 4. The van der Waals surface area contributed by atoms with Gasteiger partial charge in [-0.1, -0.05) is 66.7 Å². The Morgan fingerprint density at radius 3 is 1.29 bits per heavy atom. The summed E-state index contributed by atoms with van der Waals surface area (Å²) in [5, 5.41) is 0. The van der Waals surface area contributed by atoms with Gasteiger partial charge in [-0.25, -0.2) is 24.1 Å². The van der Waals surface area contributed by atoms with E-state index in [4.69, 9.17) is 9.47 Å². The number of esters is 4. The lowest BCUT2D eigenvalue weighted by molar-refractivity contribution is -0.122. The topological polar surface area (TPSA) is 124 Å². The third-order valence-corrected chi connectivity index (χ3v) is 10.6. The van der Waals surface area contributed by atoms with E-state index in [1.165, 1.54) is 4.90 Å². The van der Waals surface area contributed by atoms with Gasteiger partial charge >= 0.3 is 23.9 Å². The summed E-state index contributed by atoms with van der Waals surface area (Å²) < 4.78 is 9.58. The molecule has 234 valence electrons. The Balaban J connectivity index is 1.13. The first-order valence-electron chi connectivity index (χ1n) is 15.8. The number of hydrogen-bond donors (Lipinski definition) is 0. The number of benzene rings is 5. The lowest BCUT2D eigenvalue weighted by Crippen LogP contribution is -2.41. The van der Waals surface area contributed by atoms with Crippen LogP contribution in [-0.2, 0) is 19.1 Å². The first-order chi connectivity index (χ1) is 23.8. The molecule has 5 aromatic rings. The summed E-state index contributed by atoms with van der Waals surface area (Å²) in [5.74, 6) is -5.34. The van der Waals surface area contributed by atoms with Gasteiger partial charge in [-0.2, -0.15) is 0 Å². The maximum Gasteiger partial charge on any atom is 0.346 e. The third kappa shape index (κ3) is 3.64. The van der Waals surface area contributed by atoms with Crippen LogP contribution in [0.1, 0.15) is 75.5 Å². The summed E-state index contributed by atoms with van der Waals surface area (Å²) in [7, 11) is 0. The van der Waals surface area contributed by atoms with Crippen LogP contribution in [0.4, 0.5) is 5.69 Å². The molecule has 3 heterocycles. The second kappa shape index (κ2) is 9.54. The number of nitrogens with zero attached hydrogens (tertiary/aromatic N) is 1. The highest BCUT2D eigenvalue weighted by atomic mass is 16.6. The first kappa shape index (κ1) is 27.6. The molecule has 0 saturated carbocycles. The highest BCUT2D eigenvalue weighted by molar-refractivity contribution is 6.23. The van der Waals surface area contributed by atoms with Gasteiger partial charge in [0.25, 0.3) is 0 Å². The van der Waals surface area contributed by atoms with Crippen LogP contribution in [0.5, 0.6) is 0 Å². The molecule has 0 N–H and O–H groups in total. The summed E-state index contributed by atoms with van der Waals surface area (Å²) in [6.45, 7) is 0. The second-order valence-corrected chi connectivity index (χ2v) is 12.9. The Morgan fingerprint density at radius 2 is 0.816 bits per heavy atom. The Hall–Kier alpha value is -6.48. The van der Waals surface area contributed by atoms with Gasteiger partial charge in [0.05, 0.1) is 39.8 Å². The van der Waals surface area contributed by atoms with E-state index in [1.807, 2.05) is 42.5 Å². The predicted octanol–water partition coefficient (Wildman–Crippen LogP) is 6.04. The average Bonchev–Trinajstić information content (AvgIpc) is 3.69. The minimum Gasteiger partial charge on any atom is -0.386 e. The van der Waals surface area contributed by atoms with Crippen molar-refractivity contribution in [3.8, 4) is 22.3 Å². The molecule has 49 heavy (non-hydrogen) atoms. The van der Waals surface area contributed by atoms with Crippen molar-refractivity contribution in [1.29, 1.82) is 0 Å². The molecule has 11 rings (SSSR count). The van der Waals surface area contributed by atoms with Crippen LogP contribution < -0.4 is 4.90 Å². The molecular weight excluding hydrogens is 622 g/mol. The molecule has 2 bridgehead atoms. The smallest absolute Gasteiger partial charge is 0.346 e. The molecule has 0 spiro atoms. The van der Waals surface area contributed by atoms with Crippen molar-refractivity contribution in [3.05, 3.63) is 148 Å². The van der Waals surface area contributed by atoms with Gasteiger partial charge in [0.1, 0.15) is 0 Å². The Morgan fingerprint density at radius 1 is 0.408 bits per heavy atom. The van der Waals surface area contributed by atoms with E-state index in [2.05, 4.69) is 0 Å². The third-order valence-electron chi connectivity index (χ3n) is 10.6. The van der Waals surface area contributed by atoms with Gasteiger partial charge < -0.3 is 9.47 Å². The van der Waals surface area contributed by atoms with Crippen LogP contribution in [0.25, 0.3) is 22.3 Å². The fourth-order valence-electron chi connectivity index (χ4n) is 8.50. The molecular formula is C40H21NO8. The number of fused-ring (bicyclic) bond motifs is 2. The zero-order valence-corrected chi connectivity index (χ0v) is 25.3. The number of rotatable bonds is 3. The van der Waals surface area contributed by atoms with E-state index >= 15 is 0 Å². The summed E-state index contributed by atoms with van der Waals surface area (Å²) in [6.07, 6.45) is 0. The second-order valence-electron chi connectivity index (χ2n) is 12.9. The van der Waals surface area contributed by atoms with E-state index in [1.54, 1.807) is 60.7 Å². The fourth-order valence-corrected chi connectivity index (χ4v) is 8.50. The lowest BCUT2D eigenvalue weighted by Gasteiger charge is -2.46. The first-order valence-corrected chi connectivity index (χ1v) is 15.8. The van der Waals surface area contributed by atoms with E-state index in [9.17, 15) is 28.8 Å². The zero-order chi connectivity index (χ0) is 33.3. The van der Waals surface area contributed by atoms with Crippen molar-refractivity contribution in [2.24, 2.45) is 11.8 Å². The van der Waals surface area contributed by atoms with Crippen LogP contribution >= 0.6 is 0 Å². The molecule has 6 aliphatic rings. The maximum absolute atomic E-state index is 14.3. The van der Waals surface area contributed by atoms with Gasteiger partial charge in [-0.05, 0) is 80.9 Å². The summed E-state index contributed by atoms with van der Waals surface area (Å²) in [5.41, 5.74) is 8.16. The van der Waals surface area contributed by atoms with Crippen LogP contribution in [0.15, 0.2) is 103 Å². The monoisotopic (exact) mass is 643 g/mol. The molecule has 9 heteroatoms. The molecule has 1 saturated heterocycles. The maximum atomic E-state index is 14.3. The largest absolute Gasteiger partial charge is 0.386 e. The van der Waals surface area contributed by atoms with Crippen molar-refractivity contribution < 1.29 is 38.2 Å². The van der Waals surface area contributed by atoms with Crippen molar-refractivity contribution >= 4 is 41.4 Å². The van der Waals surface area contributed by atoms with Crippen molar-refractivity contribution in [3.63, 3.8) is 0 Å². The Bertz CT molecular complexity index is 2300. The van der Waals surface area contributed by atoms with Crippen molar-refractivity contribution in [2.75, 3.05) is 4.90 Å². The predicted molar refractivity (Wildman–Crippen MR) is 173 cm³/mol. The Labute approximate surface area is 277 Å². The number of carbonyl (C=O) groups excluding carboxylic acids is 6. The molecule has 2 amide bonds. The molecule has 3 aliphatic carbocycles. The van der Waals surface area contributed by atoms with E-state index in [-0.39, 0.29) is 34.1 Å². The summed E-state index contributed by atoms with van der Waals surface area (Å²) in [6, 6.07) is 30.9. The molecule has 4 atom stereocenters. The molecule has 5 aromatic carbocycles. The van der Waals surface area contributed by atoms with Crippen LogP contribution in [0.3, 0.4) is 0 Å². The Kier molecular flexibility index (Phi) is 5.38. The van der Waals surface area contributed by atoms with Gasteiger partial charge in [-0.3, -0.25) is 9.59 Å². The van der Waals surface area contributed by atoms with Crippen LogP contribution in [-0.4, -0.2) is 35.7 Å². The number of ether oxygens (including phenoxy) is 2. The molecule has 0 aromatic heterocycles. The number of para-hydroxylation sites is 1. The van der Waals surface area contributed by atoms with Gasteiger partial charge in [0.15, 0.2) is 0 Å². The lowest BCUT2D eigenvalue weighted by atomic mass is 9.54. The van der Waals surface area contributed by atoms with Crippen LogP contribution in [0, 0.1) is 11.8 Å². The normalized spacial score (nSPS) is 22.4. The number of hydrogen-bond acceptors (Lipinski definition) is 8. The van der Waals surface area contributed by atoms with Crippen molar-refractivity contribution in [1.82, 2.24) is 0 Å². The van der Waals surface area contributed by atoms with E-state index in [0.29, 0.717) is 5.69 Å². The van der Waals surface area contributed by atoms with E-state index in [0.717, 1.165) is 44.5 Å². The number of amides is 2. The zero-order valence-electron chi connectivity index (χ0n) is 25.3. The fraction of sp³-hybridized carbons (Fsp3) is 0.100.